The molecule has 15 heteroatoms. The van der Waals surface area contributed by atoms with Gasteiger partial charge in [0, 0.05) is 0 Å². The van der Waals surface area contributed by atoms with Crippen LogP contribution < -0.4 is 11.1 Å². The molecule has 30 heavy (non-hydrogen) atoms. The smallest absolute Gasteiger partial charge is 0.387 e. The summed E-state index contributed by atoms with van der Waals surface area (Å²) >= 11 is 0. The molecule has 0 saturated carbocycles. The van der Waals surface area contributed by atoms with E-state index in [1.54, 1.807) is 13.8 Å². The van der Waals surface area contributed by atoms with E-state index in [-0.39, 0.29) is 22.9 Å². The number of fused-ring (bicyclic) bond motifs is 1. The van der Waals surface area contributed by atoms with Crippen molar-refractivity contribution in [3.8, 4) is 0 Å². The number of carbonyl (C=O) groups excluding carboxylic acids is 1. The van der Waals surface area contributed by atoms with E-state index < -0.39 is 50.9 Å². The van der Waals surface area contributed by atoms with Crippen LogP contribution in [0.15, 0.2) is 12.7 Å². The third-order valence-electron chi connectivity index (χ3n) is 4.64. The SMILES string of the molecule is CC(C)[C@H](N)C(=O)Nc1ncnc2c1ncn2[C@@H]1O[C@H](COP(=O)(O)O)[C@@H](O)[C@H]1O. The predicted molar refractivity (Wildman–Crippen MR) is 101 cm³/mol. The lowest BCUT2D eigenvalue weighted by atomic mass is 10.1. The number of hydrogen-bond acceptors (Lipinski definition) is 10. The second kappa shape index (κ2) is 8.61. The fourth-order valence-corrected chi connectivity index (χ4v) is 3.24. The number of imidazole rings is 1. The topological polar surface area (TPSA) is 215 Å². The van der Waals surface area contributed by atoms with Crippen LogP contribution in [0.25, 0.3) is 11.2 Å². The first kappa shape index (κ1) is 22.7. The largest absolute Gasteiger partial charge is 0.469 e. The van der Waals surface area contributed by atoms with E-state index in [9.17, 15) is 19.6 Å². The van der Waals surface area contributed by atoms with Crippen LogP contribution in [0.2, 0.25) is 0 Å². The van der Waals surface area contributed by atoms with Gasteiger partial charge in [0.25, 0.3) is 0 Å². The first-order valence-electron chi connectivity index (χ1n) is 8.95. The summed E-state index contributed by atoms with van der Waals surface area (Å²) in [6.07, 6.45) is -2.89. The number of ether oxygens (including phenoxy) is 1. The molecule has 1 fully saturated rings. The molecule has 0 bridgehead atoms. The number of phosphoric acid groups is 1. The maximum absolute atomic E-state index is 12.2. The van der Waals surface area contributed by atoms with Crippen LogP contribution in [0.5, 0.6) is 0 Å². The average molecular weight is 446 g/mol. The summed E-state index contributed by atoms with van der Waals surface area (Å²) in [5.41, 5.74) is 6.22. The Morgan fingerprint density at radius 1 is 1.33 bits per heavy atom. The third kappa shape index (κ3) is 4.66. The summed E-state index contributed by atoms with van der Waals surface area (Å²) in [5, 5.41) is 23.1. The third-order valence-corrected chi connectivity index (χ3v) is 5.13. The molecule has 0 aliphatic carbocycles. The predicted octanol–water partition coefficient (Wildman–Crippen LogP) is -1.52. The zero-order valence-electron chi connectivity index (χ0n) is 16.1. The number of carbonyl (C=O) groups is 1. The molecule has 3 rings (SSSR count). The number of anilines is 1. The van der Waals surface area contributed by atoms with Gasteiger partial charge in [-0.3, -0.25) is 13.9 Å². The first-order chi connectivity index (χ1) is 14.0. The van der Waals surface area contributed by atoms with E-state index in [1.165, 1.54) is 17.2 Å². The summed E-state index contributed by atoms with van der Waals surface area (Å²) in [5.74, 6) is -0.452. The highest BCUT2D eigenvalue weighted by Gasteiger charge is 2.45. The van der Waals surface area contributed by atoms with Gasteiger partial charge in [-0.1, -0.05) is 13.8 Å². The zero-order chi connectivity index (χ0) is 22.2. The molecule has 2 aromatic rings. The summed E-state index contributed by atoms with van der Waals surface area (Å²) in [7, 11) is -4.78. The van der Waals surface area contributed by atoms with Crippen molar-refractivity contribution in [1.29, 1.82) is 0 Å². The lowest BCUT2D eigenvalue weighted by Crippen LogP contribution is -2.40. The van der Waals surface area contributed by atoms with Crippen molar-refractivity contribution in [3.63, 3.8) is 0 Å². The Balaban J connectivity index is 1.84. The lowest BCUT2D eigenvalue weighted by Gasteiger charge is -2.17. The fraction of sp³-hybridized carbons (Fsp3) is 0.600. The van der Waals surface area contributed by atoms with Crippen molar-refractivity contribution in [2.24, 2.45) is 11.7 Å². The van der Waals surface area contributed by atoms with Crippen molar-refractivity contribution in [2.45, 2.75) is 44.4 Å². The number of aromatic nitrogens is 4. The Bertz CT molecular complexity index is 964. The van der Waals surface area contributed by atoms with Gasteiger partial charge in [0.15, 0.2) is 23.2 Å². The number of nitrogens with two attached hydrogens (primary N) is 1. The first-order valence-corrected chi connectivity index (χ1v) is 10.5. The molecule has 5 atom stereocenters. The number of hydrogen-bond donors (Lipinski definition) is 6. The standard InChI is InChI=1S/C15H23N6O8P/c1-6(2)8(16)14(24)20-12-9-13(18-4-17-12)21(5-19-9)15-11(23)10(22)7(29-15)3-28-30(25,26)27/h4-8,10-11,15,22-23H,3,16H2,1-2H3,(H2,25,26,27)(H,17,18,20,24)/t7-,8+,10-,11-,15-/m1/s1. The molecule has 1 aliphatic heterocycles. The maximum atomic E-state index is 12.2. The Hall–Kier alpha value is -2.03. The molecule has 2 aromatic heterocycles. The molecule has 1 saturated heterocycles. The highest BCUT2D eigenvalue weighted by molar-refractivity contribution is 7.46. The minimum atomic E-state index is -4.78. The highest BCUT2D eigenvalue weighted by Crippen LogP contribution is 2.38. The van der Waals surface area contributed by atoms with Crippen molar-refractivity contribution >= 4 is 30.7 Å². The van der Waals surface area contributed by atoms with Crippen LogP contribution in [0.4, 0.5) is 5.82 Å². The van der Waals surface area contributed by atoms with Gasteiger partial charge in [-0.15, -0.1) is 0 Å². The fourth-order valence-electron chi connectivity index (χ4n) is 2.90. The molecule has 1 aliphatic rings. The normalized spacial score (nSPS) is 25.7. The van der Waals surface area contributed by atoms with Crippen LogP contribution in [0.3, 0.4) is 0 Å². The van der Waals surface area contributed by atoms with Crippen LogP contribution in [-0.4, -0.2) is 76.4 Å². The molecule has 0 unspecified atom stereocenters. The average Bonchev–Trinajstić information content (AvgIpc) is 3.21. The van der Waals surface area contributed by atoms with Gasteiger partial charge in [-0.05, 0) is 5.92 Å². The van der Waals surface area contributed by atoms with E-state index in [4.69, 9.17) is 20.3 Å². The van der Waals surface area contributed by atoms with E-state index in [0.717, 1.165) is 0 Å². The molecule has 0 aromatic carbocycles. The number of rotatable bonds is 7. The van der Waals surface area contributed by atoms with Crippen LogP contribution in [-0.2, 0) is 18.6 Å². The number of nitrogens with zero attached hydrogens (tertiary/aromatic N) is 4. The Labute approximate surface area is 170 Å². The van der Waals surface area contributed by atoms with E-state index in [2.05, 4.69) is 24.8 Å². The highest BCUT2D eigenvalue weighted by atomic mass is 31.2. The summed E-state index contributed by atoms with van der Waals surface area (Å²) in [6.45, 7) is 2.95. The van der Waals surface area contributed by atoms with Crippen molar-refractivity contribution in [3.05, 3.63) is 12.7 Å². The van der Waals surface area contributed by atoms with Crippen LogP contribution >= 0.6 is 7.82 Å². The van der Waals surface area contributed by atoms with Gasteiger partial charge in [0.05, 0.1) is 19.0 Å². The quantitative estimate of drug-likeness (QED) is 0.267. The number of nitrogens with one attached hydrogen (secondary N) is 1. The molecular weight excluding hydrogens is 423 g/mol. The van der Waals surface area contributed by atoms with E-state index in [0.29, 0.717) is 0 Å². The number of amides is 1. The van der Waals surface area contributed by atoms with E-state index in [1.807, 2.05) is 0 Å². The van der Waals surface area contributed by atoms with Gasteiger partial charge in [-0.2, -0.15) is 0 Å². The van der Waals surface area contributed by atoms with Crippen molar-refractivity contribution in [2.75, 3.05) is 11.9 Å². The second-order valence-electron chi connectivity index (χ2n) is 7.14. The van der Waals surface area contributed by atoms with Crippen LogP contribution in [0.1, 0.15) is 20.1 Å². The molecule has 7 N–H and O–H groups in total. The molecule has 1 amide bonds. The van der Waals surface area contributed by atoms with Crippen molar-refractivity contribution in [1.82, 2.24) is 19.5 Å². The summed E-state index contributed by atoms with van der Waals surface area (Å²) < 4.78 is 22.0. The monoisotopic (exact) mass is 446 g/mol. The minimum absolute atomic E-state index is 0.101. The Morgan fingerprint density at radius 3 is 2.67 bits per heavy atom. The summed E-state index contributed by atoms with van der Waals surface area (Å²) in [4.78, 5) is 42.1. The summed E-state index contributed by atoms with van der Waals surface area (Å²) in [6, 6.07) is -0.762. The van der Waals surface area contributed by atoms with Gasteiger partial charge in [0.2, 0.25) is 5.91 Å². The molecule has 14 nitrogen and oxygen atoms in total. The number of aliphatic hydroxyl groups is 2. The molecule has 3 heterocycles. The number of aliphatic hydroxyl groups excluding tert-OH is 2. The molecule has 0 spiro atoms. The van der Waals surface area contributed by atoms with E-state index >= 15 is 0 Å². The Morgan fingerprint density at radius 2 is 2.03 bits per heavy atom. The molecule has 166 valence electrons. The van der Waals surface area contributed by atoms with Gasteiger partial charge >= 0.3 is 7.82 Å². The zero-order valence-corrected chi connectivity index (χ0v) is 17.0. The Kier molecular flexibility index (Phi) is 6.50. The maximum Gasteiger partial charge on any atom is 0.469 e. The van der Waals surface area contributed by atoms with Crippen LogP contribution in [0, 0.1) is 5.92 Å². The van der Waals surface area contributed by atoms with Crippen molar-refractivity contribution < 1.29 is 38.6 Å². The second-order valence-corrected chi connectivity index (χ2v) is 8.38. The minimum Gasteiger partial charge on any atom is -0.387 e. The van der Waals surface area contributed by atoms with Gasteiger partial charge < -0.3 is 35.8 Å². The number of phosphoric ester groups is 1. The van der Waals surface area contributed by atoms with Gasteiger partial charge in [-0.25, -0.2) is 19.5 Å². The molecular formula is C15H23N6O8P. The molecule has 0 radical (unpaired) electrons. The lowest BCUT2D eigenvalue weighted by molar-refractivity contribution is -0.118. The van der Waals surface area contributed by atoms with Gasteiger partial charge in [0.1, 0.15) is 24.6 Å².